The summed E-state index contributed by atoms with van der Waals surface area (Å²) in [7, 11) is 0. The van der Waals surface area contributed by atoms with Crippen LogP contribution in [0.5, 0.6) is 0 Å². The van der Waals surface area contributed by atoms with Gasteiger partial charge in [0.15, 0.2) is 5.65 Å². The summed E-state index contributed by atoms with van der Waals surface area (Å²) in [5.41, 5.74) is 2.50. The van der Waals surface area contributed by atoms with E-state index in [-0.39, 0.29) is 18.4 Å². The third kappa shape index (κ3) is 4.79. The van der Waals surface area contributed by atoms with Crippen molar-refractivity contribution in [3.63, 3.8) is 0 Å². The van der Waals surface area contributed by atoms with E-state index in [4.69, 9.17) is 4.74 Å². The summed E-state index contributed by atoms with van der Waals surface area (Å²) in [6.07, 6.45) is 3.33. The van der Waals surface area contributed by atoms with Gasteiger partial charge in [-0.05, 0) is 30.5 Å². The predicted octanol–water partition coefficient (Wildman–Crippen LogP) is 3.80. The van der Waals surface area contributed by atoms with Gasteiger partial charge in [-0.2, -0.15) is 19.6 Å². The molecule has 3 aromatic rings. The number of nitrogens with zero attached hydrogens (tertiary/aromatic N) is 4. The van der Waals surface area contributed by atoms with E-state index in [1.807, 2.05) is 24.3 Å². The van der Waals surface area contributed by atoms with Gasteiger partial charge in [0.25, 0.3) is 5.92 Å². The lowest BCUT2D eigenvalue weighted by Gasteiger charge is -2.23. The molecule has 1 aliphatic carbocycles. The summed E-state index contributed by atoms with van der Waals surface area (Å²) in [4.78, 5) is 20.7. The van der Waals surface area contributed by atoms with Crippen molar-refractivity contribution in [3.05, 3.63) is 41.6 Å². The zero-order valence-electron chi connectivity index (χ0n) is 18.9. The number of carbonyl (C=O) groups is 1. The van der Waals surface area contributed by atoms with Crippen LogP contribution in [0.3, 0.4) is 0 Å². The first-order valence-electron chi connectivity index (χ1n) is 11.5. The second-order valence-electron chi connectivity index (χ2n) is 8.71. The average Bonchev–Trinajstić information content (AvgIpc) is 3.26. The molecular weight excluding hydrogens is 444 g/mol. The molecule has 5 rings (SSSR count). The van der Waals surface area contributed by atoms with E-state index in [1.54, 1.807) is 6.92 Å². The van der Waals surface area contributed by atoms with Crippen molar-refractivity contribution in [2.24, 2.45) is 0 Å². The molecule has 9 nitrogen and oxygen atoms in total. The molecule has 0 bridgehead atoms. The van der Waals surface area contributed by atoms with Gasteiger partial charge in [-0.1, -0.05) is 19.1 Å². The number of halogens is 2. The highest BCUT2D eigenvalue weighted by molar-refractivity contribution is 5.90. The Kier molecular flexibility index (Phi) is 6.03. The van der Waals surface area contributed by atoms with Crippen LogP contribution >= 0.6 is 0 Å². The molecule has 1 aromatic carbocycles. The van der Waals surface area contributed by atoms with E-state index >= 15 is 0 Å². The number of ether oxygens (including phenoxy) is 1. The fourth-order valence-corrected chi connectivity index (χ4v) is 4.03. The Labute approximate surface area is 195 Å². The van der Waals surface area contributed by atoms with Crippen LogP contribution < -0.4 is 16.0 Å². The van der Waals surface area contributed by atoms with Gasteiger partial charge in [-0.3, -0.25) is 4.79 Å². The molecular formula is C23H27F2N7O2. The van der Waals surface area contributed by atoms with Crippen LogP contribution in [0.25, 0.3) is 5.65 Å². The lowest BCUT2D eigenvalue weighted by atomic mass is 10.1. The molecule has 11 heteroatoms. The molecule has 0 radical (unpaired) electrons. The van der Waals surface area contributed by atoms with Gasteiger partial charge in [0.2, 0.25) is 17.8 Å². The first-order valence-corrected chi connectivity index (χ1v) is 11.5. The summed E-state index contributed by atoms with van der Waals surface area (Å²) in [5.74, 6) is -2.84. The summed E-state index contributed by atoms with van der Waals surface area (Å²) < 4.78 is 34.5. The normalized spacial score (nSPS) is 19.7. The molecule has 0 spiro atoms. The van der Waals surface area contributed by atoms with Crippen LogP contribution in [0.2, 0.25) is 0 Å². The molecule has 1 atom stereocenters. The predicted molar refractivity (Wildman–Crippen MR) is 123 cm³/mol. The standard InChI is InChI=1S/C23H27F2N7O2/c1-2-19(33)28-15-5-3-14(4-6-15)12-26-22-31-21(29-16-7-9-34-10-8-16)30-20-17(13-27-32(20)22)18-11-23(18,24)25/h3-6,13,16,18H,2,7-12H2,1H3,(H,28,33)(H2,26,29,30,31). The maximum atomic E-state index is 13.8. The van der Waals surface area contributed by atoms with Crippen LogP contribution in [0.15, 0.2) is 30.5 Å². The molecule has 180 valence electrons. The zero-order valence-corrected chi connectivity index (χ0v) is 18.9. The maximum absolute atomic E-state index is 13.8. The molecule has 1 amide bonds. The van der Waals surface area contributed by atoms with Crippen molar-refractivity contribution in [3.8, 4) is 0 Å². The SMILES string of the molecule is CCC(=O)Nc1ccc(CNc2nc(NC3CCOCC3)nc3c(C4CC4(F)F)cnn23)cc1. The van der Waals surface area contributed by atoms with Crippen molar-refractivity contribution in [2.45, 2.75) is 57.0 Å². The van der Waals surface area contributed by atoms with Crippen LogP contribution in [-0.2, 0) is 16.1 Å². The average molecular weight is 472 g/mol. The molecule has 2 fully saturated rings. The van der Waals surface area contributed by atoms with Gasteiger partial charge in [0, 0.05) is 49.9 Å². The van der Waals surface area contributed by atoms with Crippen molar-refractivity contribution >= 4 is 29.1 Å². The van der Waals surface area contributed by atoms with E-state index in [1.165, 1.54) is 10.7 Å². The highest BCUT2D eigenvalue weighted by Crippen LogP contribution is 2.56. The summed E-state index contributed by atoms with van der Waals surface area (Å²) in [6, 6.07) is 7.62. The number of benzene rings is 1. The molecule has 1 saturated carbocycles. The van der Waals surface area contributed by atoms with Gasteiger partial charge in [0.05, 0.1) is 12.1 Å². The molecule has 1 saturated heterocycles. The quantitative estimate of drug-likeness (QED) is 0.459. The van der Waals surface area contributed by atoms with Crippen molar-refractivity contribution in [1.29, 1.82) is 0 Å². The van der Waals surface area contributed by atoms with Gasteiger partial charge < -0.3 is 20.7 Å². The number of aromatic nitrogens is 4. The number of rotatable bonds is 8. The lowest BCUT2D eigenvalue weighted by Crippen LogP contribution is -2.29. The number of alkyl halides is 2. The van der Waals surface area contributed by atoms with E-state index in [0.717, 1.165) is 24.1 Å². The Morgan fingerprint density at radius 2 is 1.94 bits per heavy atom. The third-order valence-electron chi connectivity index (χ3n) is 6.16. The maximum Gasteiger partial charge on any atom is 0.256 e. The fraction of sp³-hybridized carbons (Fsp3) is 0.478. The van der Waals surface area contributed by atoms with E-state index < -0.39 is 11.8 Å². The highest BCUT2D eigenvalue weighted by atomic mass is 19.3. The Balaban J connectivity index is 1.38. The summed E-state index contributed by atoms with van der Waals surface area (Å²) in [5, 5.41) is 13.7. The van der Waals surface area contributed by atoms with Crippen molar-refractivity contribution in [1.82, 2.24) is 19.6 Å². The van der Waals surface area contributed by atoms with Crippen molar-refractivity contribution in [2.75, 3.05) is 29.2 Å². The third-order valence-corrected chi connectivity index (χ3v) is 6.16. The topological polar surface area (TPSA) is 105 Å². The van der Waals surface area contributed by atoms with E-state index in [0.29, 0.717) is 49.3 Å². The van der Waals surface area contributed by atoms with Crippen LogP contribution in [0.1, 0.15) is 49.7 Å². The number of fused-ring (bicyclic) bond motifs is 1. The smallest absolute Gasteiger partial charge is 0.256 e. The minimum Gasteiger partial charge on any atom is -0.381 e. The Morgan fingerprint density at radius 1 is 1.21 bits per heavy atom. The molecule has 34 heavy (non-hydrogen) atoms. The number of hydrogen-bond acceptors (Lipinski definition) is 7. The van der Waals surface area contributed by atoms with Crippen LogP contribution in [0.4, 0.5) is 26.4 Å². The minimum absolute atomic E-state index is 0.0467. The Hall–Kier alpha value is -3.34. The molecule has 1 aliphatic heterocycles. The summed E-state index contributed by atoms with van der Waals surface area (Å²) in [6.45, 7) is 3.55. The van der Waals surface area contributed by atoms with Gasteiger partial charge in [-0.15, -0.1) is 0 Å². The highest BCUT2D eigenvalue weighted by Gasteiger charge is 2.59. The molecule has 2 aliphatic rings. The number of amides is 1. The summed E-state index contributed by atoms with van der Waals surface area (Å²) >= 11 is 0. The molecule has 3 N–H and O–H groups in total. The van der Waals surface area contributed by atoms with Gasteiger partial charge in [-0.25, -0.2) is 8.78 Å². The fourth-order valence-electron chi connectivity index (χ4n) is 4.03. The van der Waals surface area contributed by atoms with Crippen molar-refractivity contribution < 1.29 is 18.3 Å². The van der Waals surface area contributed by atoms with Gasteiger partial charge >= 0.3 is 0 Å². The largest absolute Gasteiger partial charge is 0.381 e. The zero-order chi connectivity index (χ0) is 23.7. The Bertz CT molecular complexity index is 1180. The first-order chi connectivity index (χ1) is 16.4. The van der Waals surface area contributed by atoms with Crippen LogP contribution in [-0.4, -0.2) is 50.7 Å². The lowest BCUT2D eigenvalue weighted by molar-refractivity contribution is -0.115. The second kappa shape index (κ2) is 9.13. The second-order valence-corrected chi connectivity index (χ2v) is 8.71. The van der Waals surface area contributed by atoms with Gasteiger partial charge in [0.1, 0.15) is 0 Å². The number of hydrogen-bond donors (Lipinski definition) is 3. The van der Waals surface area contributed by atoms with Crippen LogP contribution in [0, 0.1) is 0 Å². The molecule has 1 unspecified atom stereocenters. The number of carbonyl (C=O) groups excluding carboxylic acids is 1. The van der Waals surface area contributed by atoms with E-state index in [9.17, 15) is 13.6 Å². The first kappa shape index (κ1) is 22.5. The number of nitrogens with one attached hydrogen (secondary N) is 3. The van der Waals surface area contributed by atoms with E-state index in [2.05, 4.69) is 31.0 Å². The minimum atomic E-state index is -2.72. The Morgan fingerprint density at radius 3 is 2.62 bits per heavy atom. The molecule has 3 heterocycles. The number of anilines is 3. The molecule has 2 aromatic heterocycles. The monoisotopic (exact) mass is 471 g/mol.